The first kappa shape index (κ1) is 17.5. The maximum Gasteiger partial charge on any atom is 0.216 e. The summed E-state index contributed by atoms with van der Waals surface area (Å²) < 4.78 is 0. The molecule has 8 rings (SSSR count). The highest BCUT2D eigenvalue weighted by atomic mass is 15.6. The third-order valence-electron chi connectivity index (χ3n) is 9.73. The third kappa shape index (κ3) is 2.49. The van der Waals surface area contributed by atoms with Gasteiger partial charge in [-0.1, -0.05) is 0 Å². The number of guanidine groups is 2. The first-order valence-electron chi connectivity index (χ1n) is 11.7. The molecule has 6 nitrogen and oxygen atoms in total. The Bertz CT molecular complexity index is 591. The SMILES string of the molecule is N=C(N)N(N)C(=N)N(C1C2CC3CC(C2)CC1C3)C1C2CC3CC(C2)CC1C3. The Hall–Kier alpha value is -1.30. The van der Waals surface area contributed by atoms with Crippen LogP contribution in [0.15, 0.2) is 0 Å². The molecule has 8 aliphatic rings. The van der Waals surface area contributed by atoms with Gasteiger partial charge >= 0.3 is 0 Å². The molecule has 0 spiro atoms. The Balaban J connectivity index is 1.37. The van der Waals surface area contributed by atoms with Gasteiger partial charge in [0.05, 0.1) is 0 Å². The Morgan fingerprint density at radius 1 is 0.607 bits per heavy atom. The van der Waals surface area contributed by atoms with Crippen LogP contribution in [0.4, 0.5) is 0 Å². The zero-order valence-electron chi connectivity index (χ0n) is 16.9. The minimum Gasteiger partial charge on any atom is -0.369 e. The minimum atomic E-state index is -0.206. The lowest BCUT2D eigenvalue weighted by Gasteiger charge is -2.64. The number of hydrazine groups is 1. The average molecular weight is 385 g/mol. The van der Waals surface area contributed by atoms with Gasteiger partial charge in [-0.2, -0.15) is 0 Å². The van der Waals surface area contributed by atoms with E-state index in [1.54, 1.807) is 0 Å². The molecule has 0 aromatic carbocycles. The van der Waals surface area contributed by atoms with Crippen LogP contribution in [0.5, 0.6) is 0 Å². The van der Waals surface area contributed by atoms with Gasteiger partial charge in [-0.3, -0.25) is 10.8 Å². The summed E-state index contributed by atoms with van der Waals surface area (Å²) in [6, 6.07) is 0.904. The maximum absolute atomic E-state index is 9.04. The lowest BCUT2D eigenvalue weighted by molar-refractivity contribution is -0.109. The highest BCUT2D eigenvalue weighted by Gasteiger charge is 2.57. The van der Waals surface area contributed by atoms with Crippen molar-refractivity contribution in [3.05, 3.63) is 0 Å². The molecule has 154 valence electrons. The quantitative estimate of drug-likeness (QED) is 0.254. The van der Waals surface area contributed by atoms with Gasteiger partial charge in [0.2, 0.25) is 11.9 Å². The number of hydrogen-bond donors (Lipinski definition) is 4. The van der Waals surface area contributed by atoms with Crippen LogP contribution in [0.3, 0.4) is 0 Å². The fraction of sp³-hybridized carbons (Fsp3) is 0.909. The van der Waals surface area contributed by atoms with Gasteiger partial charge in [0.1, 0.15) is 0 Å². The third-order valence-corrected chi connectivity index (χ3v) is 9.73. The molecular weight excluding hydrogens is 348 g/mol. The van der Waals surface area contributed by atoms with E-state index in [-0.39, 0.29) is 5.96 Å². The summed E-state index contributed by atoms with van der Waals surface area (Å²) in [5, 5.41) is 18.1. The first-order chi connectivity index (χ1) is 13.5. The zero-order chi connectivity index (χ0) is 19.2. The molecule has 0 aliphatic heterocycles. The molecule has 28 heavy (non-hydrogen) atoms. The number of nitrogens with two attached hydrogens (primary N) is 2. The van der Waals surface area contributed by atoms with Crippen molar-refractivity contribution in [2.75, 3.05) is 0 Å². The van der Waals surface area contributed by atoms with E-state index in [0.717, 1.165) is 28.7 Å². The summed E-state index contributed by atoms with van der Waals surface area (Å²) in [5.41, 5.74) is 5.74. The Morgan fingerprint density at radius 2 is 0.929 bits per heavy atom. The van der Waals surface area contributed by atoms with Crippen molar-refractivity contribution in [2.24, 2.45) is 58.9 Å². The molecule has 0 aromatic heterocycles. The van der Waals surface area contributed by atoms with E-state index in [1.807, 2.05) is 0 Å². The van der Waals surface area contributed by atoms with Crippen molar-refractivity contribution in [2.45, 2.75) is 76.3 Å². The van der Waals surface area contributed by atoms with E-state index in [0.29, 0.717) is 41.7 Å². The molecule has 6 heteroatoms. The second-order valence-corrected chi connectivity index (χ2v) is 11.3. The van der Waals surface area contributed by atoms with Crippen LogP contribution in [-0.4, -0.2) is 33.9 Å². The molecule has 0 unspecified atom stereocenters. The van der Waals surface area contributed by atoms with Gasteiger partial charge in [0.15, 0.2) is 0 Å². The highest BCUT2D eigenvalue weighted by molar-refractivity contribution is 5.94. The monoisotopic (exact) mass is 384 g/mol. The van der Waals surface area contributed by atoms with Gasteiger partial charge in [-0.15, -0.1) is 0 Å². The maximum atomic E-state index is 9.04. The van der Waals surface area contributed by atoms with E-state index in [9.17, 15) is 0 Å². The van der Waals surface area contributed by atoms with Gasteiger partial charge < -0.3 is 10.6 Å². The van der Waals surface area contributed by atoms with Crippen LogP contribution in [0.2, 0.25) is 0 Å². The largest absolute Gasteiger partial charge is 0.369 e. The predicted molar refractivity (Wildman–Crippen MR) is 109 cm³/mol. The molecule has 0 aromatic rings. The van der Waals surface area contributed by atoms with E-state index < -0.39 is 0 Å². The fourth-order valence-electron chi connectivity index (χ4n) is 9.42. The number of nitrogens with one attached hydrogen (secondary N) is 2. The van der Waals surface area contributed by atoms with Gasteiger partial charge in [-0.25, -0.2) is 10.9 Å². The molecule has 0 heterocycles. The molecule has 0 saturated heterocycles. The second kappa shape index (κ2) is 6.10. The lowest BCUT2D eigenvalue weighted by Crippen LogP contribution is -2.69. The first-order valence-corrected chi connectivity index (χ1v) is 11.7. The zero-order valence-corrected chi connectivity index (χ0v) is 16.9. The summed E-state index contributed by atoms with van der Waals surface area (Å²) in [6.45, 7) is 0. The summed E-state index contributed by atoms with van der Waals surface area (Å²) in [7, 11) is 0. The molecule has 0 amide bonds. The van der Waals surface area contributed by atoms with Gasteiger partial charge in [0, 0.05) is 12.1 Å². The molecular formula is C22H36N6. The molecule has 8 bridgehead atoms. The van der Waals surface area contributed by atoms with E-state index in [4.69, 9.17) is 22.4 Å². The van der Waals surface area contributed by atoms with Crippen molar-refractivity contribution in [1.82, 2.24) is 9.91 Å². The van der Waals surface area contributed by atoms with E-state index in [2.05, 4.69) is 4.90 Å². The van der Waals surface area contributed by atoms with Crippen molar-refractivity contribution >= 4 is 11.9 Å². The van der Waals surface area contributed by atoms with Crippen LogP contribution in [0, 0.1) is 58.2 Å². The van der Waals surface area contributed by atoms with Crippen LogP contribution < -0.4 is 11.6 Å². The van der Waals surface area contributed by atoms with E-state index in [1.165, 1.54) is 64.2 Å². The number of nitrogens with zero attached hydrogens (tertiary/aromatic N) is 2. The minimum absolute atomic E-state index is 0.206. The molecule has 6 N–H and O–H groups in total. The van der Waals surface area contributed by atoms with Crippen molar-refractivity contribution < 1.29 is 0 Å². The second-order valence-electron chi connectivity index (χ2n) is 11.3. The molecule has 8 fully saturated rings. The average Bonchev–Trinajstić information content (AvgIpc) is 2.63. The van der Waals surface area contributed by atoms with Crippen LogP contribution >= 0.6 is 0 Å². The summed E-state index contributed by atoms with van der Waals surface area (Å²) in [6.07, 6.45) is 13.7. The molecule has 8 aliphatic carbocycles. The predicted octanol–water partition coefficient (Wildman–Crippen LogP) is 2.94. The van der Waals surface area contributed by atoms with Crippen LogP contribution in [0.25, 0.3) is 0 Å². The van der Waals surface area contributed by atoms with Crippen molar-refractivity contribution in [3.63, 3.8) is 0 Å². The highest BCUT2D eigenvalue weighted by Crippen LogP contribution is 2.59. The van der Waals surface area contributed by atoms with Gasteiger partial charge in [-0.05, 0) is 112 Å². The van der Waals surface area contributed by atoms with Crippen LogP contribution in [0.1, 0.15) is 64.2 Å². The smallest absolute Gasteiger partial charge is 0.216 e. The topological polar surface area (TPSA) is 106 Å². The fourth-order valence-corrected chi connectivity index (χ4v) is 9.42. The summed E-state index contributed by atoms with van der Waals surface area (Å²) in [5.74, 6) is 12.8. The van der Waals surface area contributed by atoms with Crippen molar-refractivity contribution in [3.8, 4) is 0 Å². The number of rotatable bonds is 2. The number of hydrogen-bond acceptors (Lipinski definition) is 3. The Morgan fingerprint density at radius 3 is 1.21 bits per heavy atom. The van der Waals surface area contributed by atoms with Gasteiger partial charge in [0.25, 0.3) is 0 Å². The van der Waals surface area contributed by atoms with Crippen LogP contribution in [-0.2, 0) is 0 Å². The van der Waals surface area contributed by atoms with Crippen molar-refractivity contribution in [1.29, 1.82) is 10.8 Å². The molecule has 0 radical (unpaired) electrons. The lowest BCUT2D eigenvalue weighted by atomic mass is 9.51. The summed E-state index contributed by atoms with van der Waals surface area (Å²) >= 11 is 0. The normalized spacial score (nSPS) is 50.0. The molecule has 0 atom stereocenters. The standard InChI is InChI=1S/C22H36N6/c23-21(24)28(26)22(25)27(19-15-3-11-1-12(5-15)6-16(19)4-11)20-17-7-13-2-14(9-17)10-18(20)8-13/h11-20,25H,1-10,26H2,(H3,23,24). The Labute approximate surface area is 168 Å². The molecule has 8 saturated carbocycles. The summed E-state index contributed by atoms with van der Waals surface area (Å²) in [4.78, 5) is 2.46. The van der Waals surface area contributed by atoms with E-state index >= 15 is 0 Å². The Kier molecular flexibility index (Phi) is 3.82.